The maximum Gasteiger partial charge on any atom is 0.244 e. The summed E-state index contributed by atoms with van der Waals surface area (Å²) < 4.78 is 38.0. The standard InChI is InChI=1S/C28H35Cl2N3O6S/c1-3-24(28(35)31-19-8-5-4-6-9-19)32(17-21-22(29)10-7-11-23(21)30)27(34)18-33(40(2,36)37)20-12-13-25-26(16-20)39-15-14-38-25/h7,10-13,16,19,24H,3-6,8-9,14-15,17-18H2,1-2H3,(H,31,35)/t24-/m0/s1. The first-order valence-corrected chi connectivity index (χ1v) is 16.1. The van der Waals surface area contributed by atoms with Crippen molar-refractivity contribution in [2.45, 2.75) is 64.1 Å². The summed E-state index contributed by atoms with van der Waals surface area (Å²) in [5.41, 5.74) is 0.726. The molecule has 0 aromatic heterocycles. The van der Waals surface area contributed by atoms with E-state index in [1.54, 1.807) is 30.3 Å². The fourth-order valence-electron chi connectivity index (χ4n) is 5.12. The lowest BCUT2D eigenvalue weighted by atomic mass is 9.95. The van der Waals surface area contributed by atoms with Crippen LogP contribution in [0.2, 0.25) is 10.0 Å². The zero-order valence-corrected chi connectivity index (χ0v) is 25.0. The zero-order chi connectivity index (χ0) is 28.9. The Labute approximate surface area is 245 Å². The number of carbonyl (C=O) groups is 2. The smallest absolute Gasteiger partial charge is 0.244 e. The fourth-order valence-corrected chi connectivity index (χ4v) is 6.48. The highest BCUT2D eigenvalue weighted by atomic mass is 35.5. The number of carbonyl (C=O) groups excluding carboxylic acids is 2. The van der Waals surface area contributed by atoms with Crippen molar-refractivity contribution < 1.29 is 27.5 Å². The highest BCUT2D eigenvalue weighted by molar-refractivity contribution is 7.92. The number of sulfonamides is 1. The molecule has 4 rings (SSSR count). The Balaban J connectivity index is 1.66. The van der Waals surface area contributed by atoms with Gasteiger partial charge >= 0.3 is 0 Å². The van der Waals surface area contributed by atoms with Gasteiger partial charge in [-0.15, -0.1) is 0 Å². The predicted octanol–water partition coefficient (Wildman–Crippen LogP) is 4.79. The predicted molar refractivity (Wildman–Crippen MR) is 156 cm³/mol. The number of amides is 2. The first-order chi connectivity index (χ1) is 19.1. The van der Waals surface area contributed by atoms with E-state index in [-0.39, 0.29) is 24.2 Å². The molecule has 1 aliphatic heterocycles. The van der Waals surface area contributed by atoms with Gasteiger partial charge in [-0.05, 0) is 43.5 Å². The molecule has 12 heteroatoms. The summed E-state index contributed by atoms with van der Waals surface area (Å²) in [7, 11) is -3.90. The molecule has 2 aliphatic rings. The van der Waals surface area contributed by atoms with Gasteiger partial charge < -0.3 is 19.7 Å². The van der Waals surface area contributed by atoms with Gasteiger partial charge in [0.25, 0.3) is 0 Å². The van der Waals surface area contributed by atoms with Crippen LogP contribution in [0, 0.1) is 0 Å². The molecule has 1 atom stereocenters. The molecule has 1 fully saturated rings. The molecule has 1 saturated carbocycles. The van der Waals surface area contributed by atoms with Crippen molar-refractivity contribution in [2.75, 3.05) is 30.3 Å². The van der Waals surface area contributed by atoms with Crippen LogP contribution < -0.4 is 19.1 Å². The lowest BCUT2D eigenvalue weighted by Crippen LogP contribution is -2.54. The van der Waals surface area contributed by atoms with Crippen LogP contribution in [0.5, 0.6) is 11.5 Å². The maximum atomic E-state index is 14.0. The quantitative estimate of drug-likeness (QED) is 0.414. The summed E-state index contributed by atoms with van der Waals surface area (Å²) in [4.78, 5) is 28.9. The van der Waals surface area contributed by atoms with E-state index in [0.717, 1.165) is 42.7 Å². The molecule has 1 aliphatic carbocycles. The van der Waals surface area contributed by atoms with E-state index < -0.39 is 28.5 Å². The van der Waals surface area contributed by atoms with E-state index in [1.165, 1.54) is 11.0 Å². The minimum Gasteiger partial charge on any atom is -0.486 e. The van der Waals surface area contributed by atoms with Crippen molar-refractivity contribution in [3.8, 4) is 11.5 Å². The molecule has 218 valence electrons. The Hall–Kier alpha value is -2.69. The van der Waals surface area contributed by atoms with Crippen LogP contribution in [0.4, 0.5) is 5.69 Å². The summed E-state index contributed by atoms with van der Waals surface area (Å²) in [5, 5.41) is 3.80. The lowest BCUT2D eigenvalue weighted by Gasteiger charge is -2.34. The van der Waals surface area contributed by atoms with Crippen LogP contribution in [0.15, 0.2) is 36.4 Å². The van der Waals surface area contributed by atoms with Gasteiger partial charge in [0.1, 0.15) is 25.8 Å². The average molecular weight is 613 g/mol. The first-order valence-electron chi connectivity index (χ1n) is 13.5. The Kier molecular flexibility index (Phi) is 10.1. The highest BCUT2D eigenvalue weighted by Gasteiger charge is 2.34. The highest BCUT2D eigenvalue weighted by Crippen LogP contribution is 2.35. The molecule has 0 saturated heterocycles. The van der Waals surface area contributed by atoms with E-state index in [9.17, 15) is 18.0 Å². The van der Waals surface area contributed by atoms with Crippen LogP contribution in [0.1, 0.15) is 51.0 Å². The molecule has 9 nitrogen and oxygen atoms in total. The van der Waals surface area contributed by atoms with Crippen molar-refractivity contribution in [3.05, 3.63) is 52.0 Å². The molecule has 0 unspecified atom stereocenters. The van der Waals surface area contributed by atoms with E-state index >= 15 is 0 Å². The number of rotatable bonds is 10. The Morgan fingerprint density at radius 2 is 1.68 bits per heavy atom. The average Bonchev–Trinajstić information content (AvgIpc) is 2.92. The van der Waals surface area contributed by atoms with E-state index in [1.807, 2.05) is 6.92 Å². The van der Waals surface area contributed by atoms with Crippen molar-refractivity contribution in [1.29, 1.82) is 0 Å². The first kappa shape index (κ1) is 30.3. The maximum absolute atomic E-state index is 14.0. The molecule has 2 aromatic carbocycles. The van der Waals surface area contributed by atoms with Crippen LogP contribution in [-0.4, -0.2) is 63.2 Å². The van der Waals surface area contributed by atoms with E-state index in [2.05, 4.69) is 5.32 Å². The molecular weight excluding hydrogens is 577 g/mol. The molecule has 0 bridgehead atoms. The number of hydrogen-bond donors (Lipinski definition) is 1. The number of halogens is 2. The van der Waals surface area contributed by atoms with Crippen LogP contribution in [-0.2, 0) is 26.2 Å². The summed E-state index contributed by atoms with van der Waals surface area (Å²) in [6.45, 7) is 1.94. The third-order valence-electron chi connectivity index (χ3n) is 7.22. The lowest BCUT2D eigenvalue weighted by molar-refractivity contribution is -0.140. The molecule has 0 radical (unpaired) electrons. The third kappa shape index (κ3) is 7.33. The number of fused-ring (bicyclic) bond motifs is 1. The van der Waals surface area contributed by atoms with Gasteiger partial charge in [-0.3, -0.25) is 13.9 Å². The SMILES string of the molecule is CC[C@@H](C(=O)NC1CCCCC1)N(Cc1c(Cl)cccc1Cl)C(=O)CN(c1ccc2c(c1)OCCO2)S(C)(=O)=O. The number of hydrogen-bond acceptors (Lipinski definition) is 6. The van der Waals surface area contributed by atoms with E-state index in [0.29, 0.717) is 46.7 Å². The molecular formula is C28H35Cl2N3O6S. The van der Waals surface area contributed by atoms with Gasteiger partial charge in [0, 0.05) is 34.3 Å². The summed E-state index contributed by atoms with van der Waals surface area (Å²) in [6, 6.07) is 8.90. The third-order valence-corrected chi connectivity index (χ3v) is 9.07. The number of nitrogens with zero attached hydrogens (tertiary/aromatic N) is 2. The van der Waals surface area contributed by atoms with Crippen LogP contribution in [0.25, 0.3) is 0 Å². The van der Waals surface area contributed by atoms with Gasteiger partial charge in [0.2, 0.25) is 21.8 Å². The van der Waals surface area contributed by atoms with Gasteiger partial charge in [0.05, 0.1) is 11.9 Å². The normalized spacial score (nSPS) is 16.2. The number of benzene rings is 2. The Morgan fingerprint density at radius 3 is 2.30 bits per heavy atom. The monoisotopic (exact) mass is 611 g/mol. The second-order valence-electron chi connectivity index (χ2n) is 10.1. The molecule has 0 spiro atoms. The minimum atomic E-state index is -3.90. The van der Waals surface area contributed by atoms with Crippen molar-refractivity contribution in [2.24, 2.45) is 0 Å². The fraction of sp³-hybridized carbons (Fsp3) is 0.500. The Morgan fingerprint density at radius 1 is 1.02 bits per heavy atom. The van der Waals surface area contributed by atoms with Gasteiger partial charge in [0.15, 0.2) is 11.5 Å². The molecule has 2 aromatic rings. The van der Waals surface area contributed by atoms with Gasteiger partial charge in [-0.2, -0.15) is 0 Å². The van der Waals surface area contributed by atoms with Crippen LogP contribution >= 0.6 is 23.2 Å². The second-order valence-corrected chi connectivity index (χ2v) is 12.8. The number of anilines is 1. The molecule has 40 heavy (non-hydrogen) atoms. The summed E-state index contributed by atoms with van der Waals surface area (Å²) in [5.74, 6) is 0.0381. The molecule has 1 N–H and O–H groups in total. The summed E-state index contributed by atoms with van der Waals surface area (Å²) >= 11 is 12.9. The molecule has 1 heterocycles. The number of nitrogens with one attached hydrogen (secondary N) is 1. The van der Waals surface area contributed by atoms with Gasteiger partial charge in [-0.1, -0.05) is 55.5 Å². The summed E-state index contributed by atoms with van der Waals surface area (Å²) in [6.07, 6.45) is 6.34. The molecule has 2 amide bonds. The second kappa shape index (κ2) is 13.3. The van der Waals surface area contributed by atoms with E-state index in [4.69, 9.17) is 32.7 Å². The Bertz CT molecular complexity index is 1310. The van der Waals surface area contributed by atoms with Crippen molar-refractivity contribution in [3.63, 3.8) is 0 Å². The van der Waals surface area contributed by atoms with Crippen LogP contribution in [0.3, 0.4) is 0 Å². The number of ether oxygens (including phenoxy) is 2. The topological polar surface area (TPSA) is 105 Å². The van der Waals surface area contributed by atoms with Gasteiger partial charge in [-0.25, -0.2) is 8.42 Å². The minimum absolute atomic E-state index is 0.0429. The van der Waals surface area contributed by atoms with Crippen molar-refractivity contribution in [1.82, 2.24) is 10.2 Å². The zero-order valence-electron chi connectivity index (χ0n) is 22.7. The van der Waals surface area contributed by atoms with Crippen molar-refractivity contribution >= 4 is 50.7 Å². The largest absolute Gasteiger partial charge is 0.486 e.